The van der Waals surface area contributed by atoms with Crippen molar-refractivity contribution in [3.05, 3.63) is 55.8 Å². The molecule has 0 amide bonds. The van der Waals surface area contributed by atoms with Gasteiger partial charge in [0.15, 0.2) is 0 Å². The maximum absolute atomic E-state index is 13.3. The van der Waals surface area contributed by atoms with Crippen LogP contribution in [0.25, 0.3) is 26.9 Å². The van der Waals surface area contributed by atoms with Crippen molar-refractivity contribution < 1.29 is 0 Å². The van der Waals surface area contributed by atoms with E-state index in [0.29, 0.717) is 15.9 Å². The van der Waals surface area contributed by atoms with Gasteiger partial charge in [-0.2, -0.15) is 0 Å². The van der Waals surface area contributed by atoms with Gasteiger partial charge in [-0.05, 0) is 49.4 Å². The van der Waals surface area contributed by atoms with Crippen molar-refractivity contribution in [2.45, 2.75) is 32.1 Å². The highest BCUT2D eigenvalue weighted by Gasteiger charge is 2.20. The smallest absolute Gasteiger partial charge is 0.334 e. The van der Waals surface area contributed by atoms with Crippen molar-refractivity contribution in [3.63, 3.8) is 0 Å². The second-order valence-corrected chi connectivity index (χ2v) is 7.97. The van der Waals surface area contributed by atoms with Gasteiger partial charge in [0.1, 0.15) is 4.83 Å². The van der Waals surface area contributed by atoms with E-state index in [-0.39, 0.29) is 5.56 Å². The molecule has 0 unspecified atom stereocenters. The Balaban J connectivity index is 1.80. The molecule has 0 atom stereocenters. The van der Waals surface area contributed by atoms with Crippen molar-refractivity contribution in [3.8, 4) is 5.69 Å². The Morgan fingerprint density at radius 3 is 2.88 bits per heavy atom. The average Bonchev–Trinajstić information content (AvgIpc) is 3.07. The van der Waals surface area contributed by atoms with Gasteiger partial charge in [-0.3, -0.25) is 9.78 Å². The predicted molar refractivity (Wildman–Crippen MR) is 104 cm³/mol. The quantitative estimate of drug-likeness (QED) is 0.527. The highest BCUT2D eigenvalue weighted by Crippen LogP contribution is 2.32. The molecular weight excluding hydrogens is 348 g/mol. The van der Waals surface area contributed by atoms with Crippen LogP contribution in [0.3, 0.4) is 0 Å². The molecule has 7 heteroatoms. The lowest BCUT2D eigenvalue weighted by molar-refractivity contribution is 0.713. The third kappa shape index (κ3) is 2.20. The standard InChI is InChI=1S/C19H18N4O2S/c1-22-10-20-13-9-11(7-8-14(13)22)23-18(24)16-12-5-3-2-4-6-15(12)26-17(16)21-19(23)25/h7-10H,2-6H2,1H3,(H,21,25). The molecule has 0 bridgehead atoms. The number of aromatic amines is 1. The summed E-state index contributed by atoms with van der Waals surface area (Å²) in [7, 11) is 1.92. The minimum atomic E-state index is -0.394. The zero-order chi connectivity index (χ0) is 17.8. The number of nitrogens with one attached hydrogen (secondary N) is 1. The van der Waals surface area contributed by atoms with Gasteiger partial charge in [-0.15, -0.1) is 11.3 Å². The Morgan fingerprint density at radius 2 is 2.00 bits per heavy atom. The SMILES string of the molecule is Cn1cnc2cc(-n3c(=O)[nH]c4sc5c(c4c3=O)CCCCC5)ccc21. The molecule has 1 aliphatic rings. The van der Waals surface area contributed by atoms with Crippen LogP contribution in [0.1, 0.15) is 29.7 Å². The molecule has 1 aromatic carbocycles. The summed E-state index contributed by atoms with van der Waals surface area (Å²) in [5.41, 5.74) is 2.80. The van der Waals surface area contributed by atoms with E-state index in [2.05, 4.69) is 9.97 Å². The Kier molecular flexibility index (Phi) is 3.40. The first-order chi connectivity index (χ1) is 12.6. The third-order valence-corrected chi connectivity index (χ3v) is 6.44. The molecule has 6 nitrogen and oxygen atoms in total. The molecular formula is C19H18N4O2S. The maximum atomic E-state index is 13.3. The van der Waals surface area contributed by atoms with Crippen LogP contribution >= 0.6 is 11.3 Å². The minimum Gasteiger partial charge on any atom is -0.334 e. The Bertz CT molecular complexity index is 1270. The number of hydrogen-bond donors (Lipinski definition) is 1. The van der Waals surface area contributed by atoms with Crippen LogP contribution < -0.4 is 11.2 Å². The highest BCUT2D eigenvalue weighted by atomic mass is 32.1. The minimum absolute atomic E-state index is 0.224. The van der Waals surface area contributed by atoms with Crippen molar-refractivity contribution in [1.29, 1.82) is 0 Å². The van der Waals surface area contributed by atoms with Crippen LogP contribution in [0.2, 0.25) is 0 Å². The molecule has 0 fully saturated rings. The number of fused-ring (bicyclic) bond motifs is 4. The van der Waals surface area contributed by atoms with Gasteiger partial charge in [0.05, 0.1) is 28.4 Å². The fraction of sp³-hybridized carbons (Fsp3) is 0.316. The van der Waals surface area contributed by atoms with E-state index in [0.717, 1.165) is 42.3 Å². The zero-order valence-electron chi connectivity index (χ0n) is 14.4. The van der Waals surface area contributed by atoms with Gasteiger partial charge in [-0.25, -0.2) is 14.3 Å². The van der Waals surface area contributed by atoms with Crippen LogP contribution in [0.15, 0.2) is 34.1 Å². The Labute approximate surface area is 152 Å². The largest absolute Gasteiger partial charge is 0.334 e. The number of nitrogens with zero attached hydrogens (tertiary/aromatic N) is 3. The number of benzene rings is 1. The monoisotopic (exact) mass is 366 g/mol. The number of thiophene rings is 1. The highest BCUT2D eigenvalue weighted by molar-refractivity contribution is 7.18. The van der Waals surface area contributed by atoms with Crippen molar-refractivity contribution in [2.75, 3.05) is 0 Å². The molecule has 0 aliphatic heterocycles. The van der Waals surface area contributed by atoms with Gasteiger partial charge in [0.25, 0.3) is 5.56 Å². The number of imidazole rings is 1. The molecule has 4 aromatic rings. The number of hydrogen-bond acceptors (Lipinski definition) is 4. The predicted octanol–water partition coefficient (Wildman–Crippen LogP) is 2.90. The molecule has 0 saturated heterocycles. The maximum Gasteiger partial charge on any atom is 0.334 e. The number of rotatable bonds is 1. The van der Waals surface area contributed by atoms with E-state index >= 15 is 0 Å². The van der Waals surface area contributed by atoms with Crippen LogP contribution in [0, 0.1) is 0 Å². The Morgan fingerprint density at radius 1 is 1.15 bits per heavy atom. The summed E-state index contributed by atoms with van der Waals surface area (Å²) < 4.78 is 3.16. The lowest BCUT2D eigenvalue weighted by Gasteiger charge is -2.06. The molecule has 1 N–H and O–H groups in total. The number of aromatic nitrogens is 4. The normalized spacial score (nSPS) is 14.7. The second kappa shape index (κ2) is 5.67. The molecule has 0 radical (unpaired) electrons. The lowest BCUT2D eigenvalue weighted by atomic mass is 10.1. The molecule has 3 aromatic heterocycles. The third-order valence-electron chi connectivity index (χ3n) is 5.23. The molecule has 0 saturated carbocycles. The van der Waals surface area contributed by atoms with Gasteiger partial charge in [-0.1, -0.05) is 6.42 Å². The van der Waals surface area contributed by atoms with Gasteiger partial charge >= 0.3 is 5.69 Å². The van der Waals surface area contributed by atoms with Crippen LogP contribution in [0.5, 0.6) is 0 Å². The first-order valence-corrected chi connectivity index (χ1v) is 9.66. The summed E-state index contributed by atoms with van der Waals surface area (Å²) in [6.45, 7) is 0. The van der Waals surface area contributed by atoms with Gasteiger partial charge in [0, 0.05) is 11.9 Å². The number of aryl methyl sites for hydroxylation is 3. The summed E-state index contributed by atoms with van der Waals surface area (Å²) >= 11 is 1.57. The molecule has 3 heterocycles. The average molecular weight is 366 g/mol. The van der Waals surface area contributed by atoms with Gasteiger partial charge < -0.3 is 4.57 Å². The van der Waals surface area contributed by atoms with E-state index in [1.54, 1.807) is 29.8 Å². The van der Waals surface area contributed by atoms with E-state index < -0.39 is 5.69 Å². The first-order valence-electron chi connectivity index (χ1n) is 8.84. The number of H-pyrrole nitrogens is 1. The molecule has 26 heavy (non-hydrogen) atoms. The second-order valence-electron chi connectivity index (χ2n) is 6.87. The summed E-state index contributed by atoms with van der Waals surface area (Å²) in [4.78, 5) is 35.2. The van der Waals surface area contributed by atoms with Crippen LogP contribution in [0.4, 0.5) is 0 Å². The fourth-order valence-electron chi connectivity index (χ4n) is 3.91. The van der Waals surface area contributed by atoms with Crippen molar-refractivity contribution in [1.82, 2.24) is 19.1 Å². The lowest BCUT2D eigenvalue weighted by Crippen LogP contribution is -2.33. The van der Waals surface area contributed by atoms with E-state index in [1.165, 1.54) is 15.9 Å². The summed E-state index contributed by atoms with van der Waals surface area (Å²) in [6, 6.07) is 5.49. The van der Waals surface area contributed by atoms with E-state index in [4.69, 9.17) is 0 Å². The summed E-state index contributed by atoms with van der Waals surface area (Å²) in [5.74, 6) is 0. The fourth-order valence-corrected chi connectivity index (χ4v) is 5.18. The van der Waals surface area contributed by atoms with Gasteiger partial charge in [0.2, 0.25) is 0 Å². The van der Waals surface area contributed by atoms with Crippen LogP contribution in [-0.4, -0.2) is 19.1 Å². The zero-order valence-corrected chi connectivity index (χ0v) is 15.2. The van der Waals surface area contributed by atoms with Crippen LogP contribution in [-0.2, 0) is 19.9 Å². The van der Waals surface area contributed by atoms with Crippen molar-refractivity contribution >= 4 is 32.6 Å². The van der Waals surface area contributed by atoms with Crippen molar-refractivity contribution in [2.24, 2.45) is 7.05 Å². The summed E-state index contributed by atoms with van der Waals surface area (Å²) in [5, 5.41) is 0.688. The Hall–Kier alpha value is -2.67. The van der Waals surface area contributed by atoms with E-state index in [9.17, 15) is 9.59 Å². The molecule has 1 aliphatic carbocycles. The topological polar surface area (TPSA) is 72.7 Å². The first kappa shape index (κ1) is 15.6. The molecule has 5 rings (SSSR count). The molecule has 0 spiro atoms. The van der Waals surface area contributed by atoms with E-state index in [1.807, 2.05) is 17.7 Å². The summed E-state index contributed by atoms with van der Waals surface area (Å²) in [6.07, 6.45) is 7.07. The molecule has 132 valence electrons.